The van der Waals surface area contributed by atoms with Gasteiger partial charge in [0.05, 0.1) is 46.2 Å². The SMILES string of the molecule is COc1ccc([N+](=O)[O-])cc1-n1c(C)cc([C@H]2[C@H](c3ccccn3)NC(=S)N2c2ccc(N3C[C@H](C)C[C@H](C)C3)c(Cl)c2)c1C. The van der Waals surface area contributed by atoms with Crippen LogP contribution < -0.4 is 19.9 Å². The molecule has 11 heteroatoms. The molecular weight excluding hydrogens is 608 g/mol. The molecule has 0 saturated carbocycles. The number of non-ortho nitro benzene ring substituents is 1. The van der Waals surface area contributed by atoms with E-state index in [1.165, 1.54) is 12.5 Å². The van der Waals surface area contributed by atoms with E-state index in [2.05, 4.69) is 47.2 Å². The minimum atomic E-state index is -0.394. The number of pyridine rings is 1. The number of benzene rings is 2. The molecule has 4 atom stereocenters. The molecule has 0 aliphatic carbocycles. The molecule has 1 N–H and O–H groups in total. The summed E-state index contributed by atoms with van der Waals surface area (Å²) in [7, 11) is 1.57. The second-order valence-corrected chi connectivity index (χ2v) is 13.1. The molecule has 45 heavy (non-hydrogen) atoms. The lowest BCUT2D eigenvalue weighted by Crippen LogP contribution is -2.38. The summed E-state index contributed by atoms with van der Waals surface area (Å²) >= 11 is 13.0. The Labute approximate surface area is 273 Å². The Morgan fingerprint density at radius 1 is 1.04 bits per heavy atom. The number of aromatic nitrogens is 2. The third-order valence-corrected chi connectivity index (χ3v) is 9.54. The zero-order chi connectivity index (χ0) is 32.0. The average Bonchev–Trinajstić information content (AvgIpc) is 3.50. The van der Waals surface area contributed by atoms with Crippen molar-refractivity contribution in [2.24, 2.45) is 11.8 Å². The van der Waals surface area contributed by atoms with Crippen molar-refractivity contribution in [3.8, 4) is 11.4 Å². The van der Waals surface area contributed by atoms with Gasteiger partial charge in [0, 0.05) is 48.5 Å². The van der Waals surface area contributed by atoms with Gasteiger partial charge >= 0.3 is 0 Å². The summed E-state index contributed by atoms with van der Waals surface area (Å²) in [6, 6.07) is 18.3. The number of thiocarbonyl (C=S) groups is 1. The quantitative estimate of drug-likeness (QED) is 0.124. The molecule has 0 amide bonds. The van der Waals surface area contributed by atoms with Gasteiger partial charge in [-0.1, -0.05) is 31.5 Å². The van der Waals surface area contributed by atoms with Crippen LogP contribution >= 0.6 is 23.8 Å². The van der Waals surface area contributed by atoms with Gasteiger partial charge in [-0.05, 0) is 92.4 Å². The van der Waals surface area contributed by atoms with Gasteiger partial charge in [-0.3, -0.25) is 15.1 Å². The number of hydrogen-bond acceptors (Lipinski definition) is 6. The first-order chi connectivity index (χ1) is 21.6. The molecule has 2 fully saturated rings. The van der Waals surface area contributed by atoms with Crippen LogP contribution in [-0.2, 0) is 0 Å². The minimum absolute atomic E-state index is 0.0104. The summed E-state index contributed by atoms with van der Waals surface area (Å²) in [6.07, 6.45) is 3.00. The van der Waals surface area contributed by atoms with Gasteiger partial charge in [-0.2, -0.15) is 0 Å². The van der Waals surface area contributed by atoms with Crippen molar-refractivity contribution in [3.63, 3.8) is 0 Å². The Morgan fingerprint density at radius 3 is 2.44 bits per heavy atom. The number of nitro benzene ring substituents is 1. The fraction of sp³-hybridized carbons (Fsp3) is 0.353. The largest absolute Gasteiger partial charge is 0.495 e. The lowest BCUT2D eigenvalue weighted by Gasteiger charge is -2.37. The monoisotopic (exact) mass is 644 g/mol. The van der Waals surface area contributed by atoms with E-state index in [9.17, 15) is 10.1 Å². The highest BCUT2D eigenvalue weighted by Crippen LogP contribution is 2.46. The molecule has 2 aromatic heterocycles. The molecule has 2 aliphatic rings. The summed E-state index contributed by atoms with van der Waals surface area (Å²) in [5, 5.41) is 16.5. The molecule has 2 saturated heterocycles. The summed E-state index contributed by atoms with van der Waals surface area (Å²) in [4.78, 5) is 20.5. The summed E-state index contributed by atoms with van der Waals surface area (Å²) in [6.45, 7) is 10.5. The van der Waals surface area contributed by atoms with Crippen molar-refractivity contribution in [1.82, 2.24) is 14.9 Å². The highest BCUT2D eigenvalue weighted by Gasteiger charge is 2.42. The van der Waals surface area contributed by atoms with Gasteiger partial charge in [0.25, 0.3) is 5.69 Å². The van der Waals surface area contributed by atoms with E-state index < -0.39 is 4.92 Å². The number of nitrogens with zero attached hydrogens (tertiary/aromatic N) is 5. The van der Waals surface area contributed by atoms with Gasteiger partial charge in [0.2, 0.25) is 0 Å². The normalized spacial score (nSPS) is 21.6. The van der Waals surface area contributed by atoms with Crippen molar-refractivity contribution >= 4 is 46.0 Å². The topological polar surface area (TPSA) is 88.7 Å². The van der Waals surface area contributed by atoms with E-state index in [0.29, 0.717) is 33.4 Å². The fourth-order valence-corrected chi connectivity index (χ4v) is 7.78. The van der Waals surface area contributed by atoms with Crippen molar-refractivity contribution in [2.75, 3.05) is 30.0 Å². The van der Waals surface area contributed by atoms with E-state index in [1.54, 1.807) is 25.4 Å². The van der Waals surface area contributed by atoms with E-state index in [1.807, 2.05) is 42.7 Å². The number of rotatable bonds is 7. The number of nitro groups is 1. The lowest BCUT2D eigenvalue weighted by molar-refractivity contribution is -0.384. The first kappa shape index (κ1) is 30.9. The molecule has 4 aromatic rings. The molecule has 0 spiro atoms. The second-order valence-electron chi connectivity index (χ2n) is 12.3. The maximum absolute atomic E-state index is 11.7. The summed E-state index contributed by atoms with van der Waals surface area (Å²) in [5.41, 5.74) is 6.16. The molecule has 0 radical (unpaired) electrons. The van der Waals surface area contributed by atoms with Crippen LogP contribution in [0.1, 0.15) is 55.0 Å². The zero-order valence-corrected chi connectivity index (χ0v) is 27.6. The van der Waals surface area contributed by atoms with Crippen LogP contribution in [0.3, 0.4) is 0 Å². The van der Waals surface area contributed by atoms with Crippen LogP contribution in [0.15, 0.2) is 66.9 Å². The highest BCUT2D eigenvalue weighted by molar-refractivity contribution is 7.80. The van der Waals surface area contributed by atoms with Gasteiger partial charge in [-0.25, -0.2) is 0 Å². The van der Waals surface area contributed by atoms with E-state index >= 15 is 0 Å². The Kier molecular flexibility index (Phi) is 8.45. The van der Waals surface area contributed by atoms with Gasteiger partial charge in [0.1, 0.15) is 5.75 Å². The van der Waals surface area contributed by atoms with Crippen molar-refractivity contribution in [2.45, 2.75) is 46.2 Å². The number of hydrogen-bond donors (Lipinski definition) is 1. The zero-order valence-electron chi connectivity index (χ0n) is 26.0. The minimum Gasteiger partial charge on any atom is -0.495 e. The third kappa shape index (κ3) is 5.73. The number of aryl methyl sites for hydroxylation is 1. The third-order valence-electron chi connectivity index (χ3n) is 8.92. The maximum atomic E-state index is 11.7. The molecule has 234 valence electrons. The molecule has 9 nitrogen and oxygen atoms in total. The van der Waals surface area contributed by atoms with Crippen LogP contribution in [0.25, 0.3) is 5.69 Å². The number of ether oxygens (including phenoxy) is 1. The fourth-order valence-electron chi connectivity index (χ4n) is 7.14. The molecule has 0 unspecified atom stereocenters. The number of piperidine rings is 1. The Morgan fingerprint density at radius 2 is 1.80 bits per heavy atom. The Balaban J connectivity index is 1.47. The summed E-state index contributed by atoms with van der Waals surface area (Å²) in [5.74, 6) is 1.74. The Bertz CT molecular complexity index is 1750. The molecule has 0 bridgehead atoms. The molecular formula is C34H37ClN6O3S. The van der Waals surface area contributed by atoms with Gasteiger partial charge in [-0.15, -0.1) is 0 Å². The standard InChI is InChI=1S/C34H37ClN6O3S/c1-20-14-21(2)19-38(18-20)29-11-9-24(16-27(29)35)40-33(32(37-34(40)45)28-8-6-7-13-36-28)26-15-22(3)39(23(26)4)30-17-25(41(42)43)10-12-31(30)44-5/h6-13,15-17,20-21,32-33H,14,18-19H2,1-5H3,(H,37,45)/t20-,21+,32-,33-/m0/s1. The molecule has 2 aliphatic heterocycles. The van der Waals surface area contributed by atoms with Crippen LogP contribution in [0.4, 0.5) is 17.1 Å². The average molecular weight is 645 g/mol. The van der Waals surface area contributed by atoms with Crippen LogP contribution in [-0.4, -0.2) is 39.8 Å². The van der Waals surface area contributed by atoms with Crippen LogP contribution in [0.2, 0.25) is 5.02 Å². The number of methoxy groups -OCH3 is 1. The van der Waals surface area contributed by atoms with Gasteiger partial charge < -0.3 is 24.4 Å². The molecule has 4 heterocycles. The highest BCUT2D eigenvalue weighted by atomic mass is 35.5. The smallest absolute Gasteiger partial charge is 0.271 e. The first-order valence-electron chi connectivity index (χ1n) is 15.1. The van der Waals surface area contributed by atoms with E-state index in [0.717, 1.165) is 47.1 Å². The van der Waals surface area contributed by atoms with Crippen molar-refractivity contribution in [1.29, 1.82) is 0 Å². The Hall–Kier alpha value is -4.15. The van der Waals surface area contributed by atoms with E-state index in [-0.39, 0.29) is 17.8 Å². The van der Waals surface area contributed by atoms with E-state index in [4.69, 9.17) is 33.5 Å². The van der Waals surface area contributed by atoms with Crippen LogP contribution in [0.5, 0.6) is 5.75 Å². The van der Waals surface area contributed by atoms with Crippen LogP contribution in [0, 0.1) is 35.8 Å². The summed E-state index contributed by atoms with van der Waals surface area (Å²) < 4.78 is 7.65. The van der Waals surface area contributed by atoms with Crippen molar-refractivity contribution in [3.05, 3.63) is 105 Å². The number of halogens is 1. The number of nitrogens with one attached hydrogen (secondary N) is 1. The predicted octanol–water partition coefficient (Wildman–Crippen LogP) is 7.72. The maximum Gasteiger partial charge on any atom is 0.271 e. The lowest BCUT2D eigenvalue weighted by atomic mass is 9.91. The first-order valence-corrected chi connectivity index (χ1v) is 15.9. The molecule has 6 rings (SSSR count). The van der Waals surface area contributed by atoms with Crippen molar-refractivity contribution < 1.29 is 9.66 Å². The predicted molar refractivity (Wildman–Crippen MR) is 183 cm³/mol. The number of anilines is 2. The second kappa shape index (κ2) is 12.3. The molecule has 2 aromatic carbocycles. The van der Waals surface area contributed by atoms with Gasteiger partial charge in [0.15, 0.2) is 5.11 Å².